The number of nitrogens with one attached hydrogen (secondary N) is 1. The second-order valence-electron chi connectivity index (χ2n) is 6.07. The molecule has 8 nitrogen and oxygen atoms in total. The highest BCUT2D eigenvalue weighted by molar-refractivity contribution is 5.75. The van der Waals surface area contributed by atoms with E-state index in [-0.39, 0.29) is 25.6 Å². The summed E-state index contributed by atoms with van der Waals surface area (Å²) in [6, 6.07) is 14.2. The number of aliphatic hydroxyl groups excluding tert-OH is 2. The molecule has 0 bridgehead atoms. The summed E-state index contributed by atoms with van der Waals surface area (Å²) in [6.07, 6.45) is -2.63. The number of alkyl carbamates (subject to hydrolysis) is 1. The van der Waals surface area contributed by atoms with Crippen molar-refractivity contribution in [3.63, 3.8) is 0 Å². The summed E-state index contributed by atoms with van der Waals surface area (Å²) in [6.45, 7) is 0.323. The van der Waals surface area contributed by atoms with Crippen LogP contribution in [0.25, 0.3) is 11.1 Å². The number of oxazole rings is 1. The summed E-state index contributed by atoms with van der Waals surface area (Å²) in [4.78, 5) is 15.7. The highest BCUT2D eigenvalue weighted by atomic mass is 16.5. The van der Waals surface area contributed by atoms with E-state index in [4.69, 9.17) is 14.9 Å². The van der Waals surface area contributed by atoms with Crippen LogP contribution in [0, 0.1) is 0 Å². The first-order valence-electron chi connectivity index (χ1n) is 8.49. The number of nitrogen functional groups attached to an aromatic ring is 1. The van der Waals surface area contributed by atoms with Gasteiger partial charge in [0.25, 0.3) is 6.01 Å². The van der Waals surface area contributed by atoms with E-state index in [9.17, 15) is 15.0 Å². The van der Waals surface area contributed by atoms with E-state index in [0.29, 0.717) is 16.7 Å². The number of carbonyl (C=O) groups excluding carboxylic acids is 1. The first kappa shape index (κ1) is 18.7. The lowest BCUT2D eigenvalue weighted by Crippen LogP contribution is -2.29. The number of aliphatic hydroxyl groups is 2. The van der Waals surface area contributed by atoms with Crippen molar-refractivity contribution in [2.75, 3.05) is 12.3 Å². The maximum Gasteiger partial charge on any atom is 0.407 e. The summed E-state index contributed by atoms with van der Waals surface area (Å²) in [5, 5.41) is 23.0. The predicted molar refractivity (Wildman–Crippen MR) is 98.6 cm³/mol. The third-order valence-electron chi connectivity index (χ3n) is 4.06. The number of anilines is 1. The molecule has 1 aromatic heterocycles. The van der Waals surface area contributed by atoms with Crippen molar-refractivity contribution in [1.29, 1.82) is 0 Å². The fourth-order valence-corrected chi connectivity index (χ4v) is 2.62. The van der Waals surface area contributed by atoms with Crippen LogP contribution in [0.15, 0.2) is 52.9 Å². The number of carbonyl (C=O) groups is 1. The van der Waals surface area contributed by atoms with Crippen molar-refractivity contribution in [2.45, 2.75) is 25.2 Å². The molecular weight excluding hydrogens is 350 g/mol. The first-order chi connectivity index (χ1) is 13.0. The Kier molecular flexibility index (Phi) is 5.90. The fraction of sp³-hybridized carbons (Fsp3) is 0.263. The number of rotatable bonds is 7. The lowest BCUT2D eigenvalue weighted by molar-refractivity contribution is 0.0137. The maximum atomic E-state index is 11.7. The van der Waals surface area contributed by atoms with Crippen LogP contribution in [0.2, 0.25) is 0 Å². The van der Waals surface area contributed by atoms with Crippen molar-refractivity contribution in [3.05, 3.63) is 59.7 Å². The molecule has 8 heteroatoms. The zero-order chi connectivity index (χ0) is 19.2. The van der Waals surface area contributed by atoms with E-state index in [1.54, 1.807) is 18.2 Å². The number of ether oxygens (including phenoxy) is 1. The van der Waals surface area contributed by atoms with Gasteiger partial charge in [-0.2, -0.15) is 4.98 Å². The van der Waals surface area contributed by atoms with E-state index in [0.717, 1.165) is 5.56 Å². The molecule has 0 fully saturated rings. The zero-order valence-electron chi connectivity index (χ0n) is 14.5. The van der Waals surface area contributed by atoms with Crippen molar-refractivity contribution < 1.29 is 24.2 Å². The normalized spacial score (nSPS) is 13.3. The second kappa shape index (κ2) is 8.52. The number of hydrogen-bond donors (Lipinski definition) is 4. The molecule has 5 N–H and O–H groups in total. The fourth-order valence-electron chi connectivity index (χ4n) is 2.62. The van der Waals surface area contributed by atoms with Gasteiger partial charge in [0.1, 0.15) is 18.2 Å². The largest absolute Gasteiger partial charge is 0.445 e. The molecule has 0 saturated heterocycles. The molecule has 2 atom stereocenters. The number of aromatic nitrogens is 1. The SMILES string of the molecule is Nc1nc2cc(C(O)C(O)CCNC(=O)OCc3ccccc3)ccc2o1. The van der Waals surface area contributed by atoms with Crippen LogP contribution in [0.4, 0.5) is 10.8 Å². The van der Waals surface area contributed by atoms with Gasteiger partial charge in [-0.3, -0.25) is 0 Å². The quantitative estimate of drug-likeness (QED) is 0.500. The molecule has 0 aliphatic carbocycles. The van der Waals surface area contributed by atoms with Gasteiger partial charge in [-0.1, -0.05) is 36.4 Å². The van der Waals surface area contributed by atoms with Gasteiger partial charge < -0.3 is 30.4 Å². The topological polar surface area (TPSA) is 131 Å². The molecular formula is C19H21N3O5. The van der Waals surface area contributed by atoms with Crippen molar-refractivity contribution in [3.8, 4) is 0 Å². The highest BCUT2D eigenvalue weighted by Gasteiger charge is 2.19. The van der Waals surface area contributed by atoms with Gasteiger partial charge in [0.2, 0.25) is 0 Å². The van der Waals surface area contributed by atoms with E-state index >= 15 is 0 Å². The minimum absolute atomic E-state index is 0.0374. The van der Waals surface area contributed by atoms with Gasteiger partial charge in [-0.25, -0.2) is 4.79 Å². The lowest BCUT2D eigenvalue weighted by Gasteiger charge is -2.18. The third kappa shape index (κ3) is 4.96. The van der Waals surface area contributed by atoms with Crippen molar-refractivity contribution in [2.24, 2.45) is 0 Å². The van der Waals surface area contributed by atoms with Gasteiger partial charge in [-0.05, 0) is 29.7 Å². The number of hydrogen-bond acceptors (Lipinski definition) is 7. The van der Waals surface area contributed by atoms with Crippen LogP contribution in [-0.4, -0.2) is 33.9 Å². The highest BCUT2D eigenvalue weighted by Crippen LogP contribution is 2.24. The molecule has 3 aromatic rings. The number of amides is 1. The Morgan fingerprint density at radius 3 is 2.78 bits per heavy atom. The van der Waals surface area contributed by atoms with E-state index in [1.807, 2.05) is 30.3 Å². The monoisotopic (exact) mass is 371 g/mol. The van der Waals surface area contributed by atoms with Gasteiger partial charge in [0.15, 0.2) is 5.58 Å². The third-order valence-corrected chi connectivity index (χ3v) is 4.06. The Morgan fingerprint density at radius 1 is 1.22 bits per heavy atom. The van der Waals surface area contributed by atoms with Crippen LogP contribution < -0.4 is 11.1 Å². The van der Waals surface area contributed by atoms with Crippen LogP contribution in [-0.2, 0) is 11.3 Å². The Balaban J connectivity index is 1.45. The van der Waals surface area contributed by atoms with E-state index in [1.165, 1.54) is 0 Å². The Morgan fingerprint density at radius 2 is 2.00 bits per heavy atom. The number of benzene rings is 2. The van der Waals surface area contributed by atoms with Crippen LogP contribution in [0.3, 0.4) is 0 Å². The minimum atomic E-state index is -1.13. The van der Waals surface area contributed by atoms with Gasteiger partial charge >= 0.3 is 6.09 Å². The molecule has 2 unspecified atom stereocenters. The summed E-state index contributed by atoms with van der Waals surface area (Å²) in [5.74, 6) is 0. The number of nitrogens with zero attached hydrogens (tertiary/aromatic N) is 1. The molecule has 1 amide bonds. The van der Waals surface area contributed by atoms with E-state index < -0.39 is 18.3 Å². The predicted octanol–water partition coefficient (Wildman–Crippen LogP) is 2.12. The van der Waals surface area contributed by atoms with Gasteiger partial charge in [0, 0.05) is 6.54 Å². The molecule has 0 saturated carbocycles. The Bertz CT molecular complexity index is 897. The van der Waals surface area contributed by atoms with Crippen molar-refractivity contribution in [1.82, 2.24) is 10.3 Å². The molecule has 0 spiro atoms. The summed E-state index contributed by atoms with van der Waals surface area (Å²) in [5.41, 5.74) is 7.85. The number of nitrogens with two attached hydrogens (primary N) is 1. The molecule has 0 aliphatic heterocycles. The molecule has 3 rings (SSSR count). The number of fused-ring (bicyclic) bond motifs is 1. The van der Waals surface area contributed by atoms with E-state index in [2.05, 4.69) is 10.3 Å². The Labute approximate surface area is 155 Å². The summed E-state index contributed by atoms with van der Waals surface area (Å²) < 4.78 is 10.3. The van der Waals surface area contributed by atoms with Gasteiger partial charge in [0.05, 0.1) is 6.10 Å². The van der Waals surface area contributed by atoms with Gasteiger partial charge in [-0.15, -0.1) is 0 Å². The average Bonchev–Trinajstić information content (AvgIpc) is 3.05. The first-order valence-corrected chi connectivity index (χ1v) is 8.49. The molecule has 27 heavy (non-hydrogen) atoms. The smallest absolute Gasteiger partial charge is 0.407 e. The Hall–Kier alpha value is -3.10. The molecule has 0 radical (unpaired) electrons. The maximum absolute atomic E-state index is 11.7. The molecule has 142 valence electrons. The standard InChI is InChI=1S/C19H21N3O5/c20-18-22-14-10-13(6-7-16(14)27-18)17(24)15(23)8-9-21-19(25)26-11-12-4-2-1-3-5-12/h1-7,10,15,17,23-24H,8-9,11H2,(H2,20,22)(H,21,25). The van der Waals surface area contributed by atoms with Crippen LogP contribution >= 0.6 is 0 Å². The lowest BCUT2D eigenvalue weighted by atomic mass is 10.0. The summed E-state index contributed by atoms with van der Waals surface area (Å²) >= 11 is 0. The minimum Gasteiger partial charge on any atom is -0.445 e. The zero-order valence-corrected chi connectivity index (χ0v) is 14.5. The van der Waals surface area contributed by atoms with Crippen LogP contribution in [0.1, 0.15) is 23.7 Å². The molecule has 0 aliphatic rings. The molecule has 2 aromatic carbocycles. The second-order valence-corrected chi connectivity index (χ2v) is 6.07. The average molecular weight is 371 g/mol. The van der Waals surface area contributed by atoms with Crippen molar-refractivity contribution >= 4 is 23.2 Å². The summed E-state index contributed by atoms with van der Waals surface area (Å²) in [7, 11) is 0. The molecule has 1 heterocycles. The van der Waals surface area contributed by atoms with Crippen LogP contribution in [0.5, 0.6) is 0 Å².